The number of rotatable bonds is 3. The van der Waals surface area contributed by atoms with E-state index in [0.717, 1.165) is 24.3 Å². The number of nitrogens with zero attached hydrogens (tertiary/aromatic N) is 2. The molecule has 0 spiro atoms. The number of amides is 1. The number of hydrogen-bond donors (Lipinski definition) is 1. The molecular weight excluding hydrogens is 334 g/mol. The van der Waals surface area contributed by atoms with E-state index in [1.54, 1.807) is 12.1 Å². The molecule has 1 heterocycles. The summed E-state index contributed by atoms with van der Waals surface area (Å²) in [6.07, 6.45) is 0. The Morgan fingerprint density at radius 2 is 1.96 bits per heavy atom. The predicted molar refractivity (Wildman–Crippen MR) is 109 cm³/mol. The molecule has 2 aromatic rings. The Labute approximate surface area is 161 Å². The third-order valence-corrected chi connectivity index (χ3v) is 5.26. The minimum absolute atomic E-state index is 0.0965. The standard InChI is InChI=1S/C23H27N3O/c1-15(2)20-8-6-16(10-17(20)12-24)22(27)25-19-7-9-21-18(11-19)13-26(5)14-23(21,3)4/h6-11,15H,13-14H2,1-5H3,(H,25,27). The Kier molecular flexibility index (Phi) is 5.08. The Morgan fingerprint density at radius 3 is 2.63 bits per heavy atom. The maximum absolute atomic E-state index is 12.7. The van der Waals surface area contributed by atoms with Crippen molar-refractivity contribution in [2.24, 2.45) is 0 Å². The number of fused-ring (bicyclic) bond motifs is 1. The molecule has 1 aliphatic heterocycles. The molecule has 0 atom stereocenters. The molecule has 0 fully saturated rings. The van der Waals surface area contributed by atoms with E-state index in [1.165, 1.54) is 11.1 Å². The monoisotopic (exact) mass is 361 g/mol. The van der Waals surface area contributed by atoms with Crippen molar-refractivity contribution in [2.45, 2.75) is 45.6 Å². The van der Waals surface area contributed by atoms with Gasteiger partial charge >= 0.3 is 0 Å². The van der Waals surface area contributed by atoms with Crippen LogP contribution in [0.25, 0.3) is 0 Å². The van der Waals surface area contributed by atoms with E-state index in [1.807, 2.05) is 26.0 Å². The molecule has 0 aromatic heterocycles. The van der Waals surface area contributed by atoms with Crippen LogP contribution in [0.2, 0.25) is 0 Å². The van der Waals surface area contributed by atoms with Crippen LogP contribution in [0.5, 0.6) is 0 Å². The fourth-order valence-corrected chi connectivity index (χ4v) is 4.07. The second-order valence-corrected chi connectivity index (χ2v) is 8.45. The smallest absolute Gasteiger partial charge is 0.255 e. The summed E-state index contributed by atoms with van der Waals surface area (Å²) in [6, 6.07) is 13.7. The van der Waals surface area contributed by atoms with Gasteiger partial charge in [-0.3, -0.25) is 4.79 Å². The zero-order chi connectivity index (χ0) is 19.8. The fourth-order valence-electron chi connectivity index (χ4n) is 4.07. The van der Waals surface area contributed by atoms with Gasteiger partial charge < -0.3 is 10.2 Å². The normalized spacial score (nSPS) is 15.9. The van der Waals surface area contributed by atoms with Crippen LogP contribution >= 0.6 is 0 Å². The van der Waals surface area contributed by atoms with E-state index < -0.39 is 0 Å². The number of anilines is 1. The lowest BCUT2D eigenvalue weighted by Gasteiger charge is -2.38. The maximum atomic E-state index is 12.7. The van der Waals surface area contributed by atoms with Crippen LogP contribution < -0.4 is 5.32 Å². The van der Waals surface area contributed by atoms with Gasteiger partial charge in [-0.05, 0) is 53.9 Å². The summed E-state index contributed by atoms with van der Waals surface area (Å²) in [5, 5.41) is 12.4. The van der Waals surface area contributed by atoms with Crippen LogP contribution in [0.15, 0.2) is 36.4 Å². The van der Waals surface area contributed by atoms with Crippen molar-refractivity contribution in [3.05, 3.63) is 64.2 Å². The lowest BCUT2D eigenvalue weighted by Crippen LogP contribution is -2.39. The lowest BCUT2D eigenvalue weighted by atomic mass is 9.78. The van der Waals surface area contributed by atoms with Crippen molar-refractivity contribution < 1.29 is 4.79 Å². The van der Waals surface area contributed by atoms with Crippen molar-refractivity contribution >= 4 is 11.6 Å². The highest BCUT2D eigenvalue weighted by Crippen LogP contribution is 2.34. The molecule has 4 nitrogen and oxygen atoms in total. The van der Waals surface area contributed by atoms with E-state index in [2.05, 4.69) is 49.3 Å². The number of nitrogens with one attached hydrogen (secondary N) is 1. The molecular formula is C23H27N3O. The number of carbonyl (C=O) groups excluding carboxylic acids is 1. The second kappa shape index (κ2) is 7.17. The Hall–Kier alpha value is -2.64. The van der Waals surface area contributed by atoms with E-state index in [9.17, 15) is 10.1 Å². The van der Waals surface area contributed by atoms with Crippen molar-refractivity contribution in [3.8, 4) is 6.07 Å². The predicted octanol–water partition coefficient (Wildman–Crippen LogP) is 4.66. The molecule has 0 saturated heterocycles. The van der Waals surface area contributed by atoms with Crippen LogP contribution in [-0.4, -0.2) is 24.4 Å². The zero-order valence-electron chi connectivity index (χ0n) is 16.8. The number of benzene rings is 2. The van der Waals surface area contributed by atoms with Gasteiger partial charge in [0.05, 0.1) is 11.6 Å². The van der Waals surface area contributed by atoms with Crippen LogP contribution in [0.3, 0.4) is 0 Å². The van der Waals surface area contributed by atoms with Gasteiger partial charge in [-0.25, -0.2) is 0 Å². The summed E-state index contributed by atoms with van der Waals surface area (Å²) in [7, 11) is 2.12. The van der Waals surface area contributed by atoms with Gasteiger partial charge in [0.15, 0.2) is 0 Å². The summed E-state index contributed by atoms with van der Waals surface area (Å²) in [4.78, 5) is 15.0. The van der Waals surface area contributed by atoms with Gasteiger partial charge in [-0.15, -0.1) is 0 Å². The third kappa shape index (κ3) is 3.89. The number of hydrogen-bond acceptors (Lipinski definition) is 3. The summed E-state index contributed by atoms with van der Waals surface area (Å²) < 4.78 is 0. The molecule has 4 heteroatoms. The van der Waals surface area contributed by atoms with E-state index in [0.29, 0.717) is 11.1 Å². The molecule has 0 bridgehead atoms. The quantitative estimate of drug-likeness (QED) is 0.865. The highest BCUT2D eigenvalue weighted by Gasteiger charge is 2.30. The van der Waals surface area contributed by atoms with Crippen LogP contribution in [-0.2, 0) is 12.0 Å². The van der Waals surface area contributed by atoms with Gasteiger partial charge in [0.1, 0.15) is 0 Å². The van der Waals surface area contributed by atoms with Gasteiger partial charge in [0, 0.05) is 29.8 Å². The molecule has 140 valence electrons. The SMILES string of the molecule is CC(C)c1ccc(C(=O)Nc2ccc3c(c2)CN(C)CC3(C)C)cc1C#N. The average Bonchev–Trinajstić information content (AvgIpc) is 2.59. The van der Waals surface area contributed by atoms with Gasteiger partial charge in [-0.2, -0.15) is 5.26 Å². The lowest BCUT2D eigenvalue weighted by molar-refractivity contribution is 0.102. The second-order valence-electron chi connectivity index (χ2n) is 8.45. The molecule has 2 aromatic carbocycles. The van der Waals surface area contributed by atoms with Crippen molar-refractivity contribution in [2.75, 3.05) is 18.9 Å². The first-order chi connectivity index (χ1) is 12.7. The molecule has 3 rings (SSSR count). The Bertz CT molecular complexity index is 922. The Morgan fingerprint density at radius 1 is 1.22 bits per heavy atom. The van der Waals surface area contributed by atoms with E-state index >= 15 is 0 Å². The zero-order valence-corrected chi connectivity index (χ0v) is 16.8. The fraction of sp³-hybridized carbons (Fsp3) is 0.391. The van der Waals surface area contributed by atoms with E-state index in [4.69, 9.17) is 0 Å². The molecule has 0 unspecified atom stereocenters. The van der Waals surface area contributed by atoms with Gasteiger partial charge in [0.2, 0.25) is 0 Å². The summed E-state index contributed by atoms with van der Waals surface area (Å²) in [5.74, 6) is 0.0583. The molecule has 0 saturated carbocycles. The molecule has 0 aliphatic carbocycles. The number of nitriles is 1. The minimum Gasteiger partial charge on any atom is -0.322 e. The number of carbonyl (C=O) groups is 1. The maximum Gasteiger partial charge on any atom is 0.255 e. The molecule has 1 aliphatic rings. The summed E-state index contributed by atoms with van der Waals surface area (Å²) in [6.45, 7) is 10.5. The first-order valence-electron chi connectivity index (χ1n) is 9.38. The summed E-state index contributed by atoms with van der Waals surface area (Å²) in [5.41, 5.74) is 5.51. The minimum atomic E-state index is -0.190. The first-order valence-corrected chi connectivity index (χ1v) is 9.38. The molecule has 1 N–H and O–H groups in total. The van der Waals surface area contributed by atoms with Crippen LogP contribution in [0.4, 0.5) is 5.69 Å². The highest BCUT2D eigenvalue weighted by molar-refractivity contribution is 6.04. The largest absolute Gasteiger partial charge is 0.322 e. The van der Waals surface area contributed by atoms with Crippen molar-refractivity contribution in [1.82, 2.24) is 4.90 Å². The summed E-state index contributed by atoms with van der Waals surface area (Å²) >= 11 is 0. The molecule has 1 amide bonds. The van der Waals surface area contributed by atoms with Crippen molar-refractivity contribution in [3.63, 3.8) is 0 Å². The van der Waals surface area contributed by atoms with Crippen molar-refractivity contribution in [1.29, 1.82) is 5.26 Å². The molecule has 27 heavy (non-hydrogen) atoms. The average molecular weight is 361 g/mol. The van der Waals surface area contributed by atoms with E-state index in [-0.39, 0.29) is 17.2 Å². The first kappa shape index (κ1) is 19.1. The topological polar surface area (TPSA) is 56.1 Å². The van der Waals surface area contributed by atoms with Crippen LogP contribution in [0, 0.1) is 11.3 Å². The molecule has 0 radical (unpaired) electrons. The van der Waals surface area contributed by atoms with Crippen LogP contribution in [0.1, 0.15) is 66.2 Å². The van der Waals surface area contributed by atoms with Gasteiger partial charge in [0.25, 0.3) is 5.91 Å². The van der Waals surface area contributed by atoms with Gasteiger partial charge in [-0.1, -0.05) is 39.8 Å². The number of likely N-dealkylation sites (N-methyl/N-ethyl adjacent to an activating group) is 1. The Balaban J connectivity index is 1.85. The highest BCUT2D eigenvalue weighted by atomic mass is 16.1. The third-order valence-electron chi connectivity index (χ3n) is 5.26.